The lowest BCUT2D eigenvalue weighted by molar-refractivity contribution is -0.538. The molecule has 198 valence electrons. The summed E-state index contributed by atoms with van der Waals surface area (Å²) in [6.07, 6.45) is 18.2. The first kappa shape index (κ1) is 26.9. The molecule has 0 N–H and O–H groups in total. The Labute approximate surface area is 234 Å². The molecule has 0 amide bonds. The minimum Gasteiger partial charge on any atom is -0.374 e. The lowest BCUT2D eigenvalue weighted by Gasteiger charge is -2.35. The molecular formula is C31H44Cl3N2+. The van der Waals surface area contributed by atoms with Gasteiger partial charge in [-0.2, -0.15) is 0 Å². The van der Waals surface area contributed by atoms with Crippen LogP contribution in [0, 0.1) is 22.7 Å². The lowest BCUT2D eigenvalue weighted by atomic mass is 9.69. The van der Waals surface area contributed by atoms with E-state index in [1.54, 1.807) is 0 Å². The molecule has 2 saturated carbocycles. The van der Waals surface area contributed by atoms with E-state index in [1.807, 2.05) is 0 Å². The van der Waals surface area contributed by atoms with Crippen LogP contribution in [-0.4, -0.2) is 52.1 Å². The van der Waals surface area contributed by atoms with Gasteiger partial charge in [0.15, 0.2) is 11.8 Å². The third-order valence-electron chi connectivity index (χ3n) is 10.5. The summed E-state index contributed by atoms with van der Waals surface area (Å²) in [4.78, 5) is 2.53. The Bertz CT molecular complexity index is 1060. The zero-order valence-corrected chi connectivity index (χ0v) is 25.2. The molecule has 0 aromatic carbocycles. The highest BCUT2D eigenvalue weighted by Crippen LogP contribution is 2.53. The Balaban J connectivity index is 1.37. The Morgan fingerprint density at radius 2 is 1.53 bits per heavy atom. The molecule has 6 unspecified atom stereocenters. The van der Waals surface area contributed by atoms with Crippen LogP contribution in [0.2, 0.25) is 0 Å². The van der Waals surface area contributed by atoms with Crippen molar-refractivity contribution in [3.8, 4) is 0 Å². The standard InChI is InChI=1S/C31H44Cl3N2/c1-30(2)23-17-21(32)11-13-25(23)35(5)27(30)15-9-19-7-8-20(29(19)34)10-16-28-31(3,4)24-18-22(33)12-14-26(24)36(28)6/h9-10,15-16,21-26H,7-8,11-14,17-18H2,1-6H3/q+1. The fraction of sp³-hybridized carbons (Fsp3) is 0.710. The highest BCUT2D eigenvalue weighted by Gasteiger charge is 2.54. The minimum absolute atomic E-state index is 0.135. The van der Waals surface area contributed by atoms with Crippen LogP contribution in [0.4, 0.5) is 0 Å². The summed E-state index contributed by atoms with van der Waals surface area (Å²) in [5.74, 6) is 1.25. The summed E-state index contributed by atoms with van der Waals surface area (Å²) in [5, 5.41) is 1.58. The van der Waals surface area contributed by atoms with Crippen LogP contribution in [0.25, 0.3) is 0 Å². The maximum atomic E-state index is 6.97. The van der Waals surface area contributed by atoms with E-state index in [0.29, 0.717) is 34.7 Å². The number of hydrogen-bond acceptors (Lipinski definition) is 1. The number of rotatable bonds is 3. The van der Waals surface area contributed by atoms with E-state index in [-0.39, 0.29) is 10.8 Å². The summed E-state index contributed by atoms with van der Waals surface area (Å²) in [7, 11) is 4.54. The predicted molar refractivity (Wildman–Crippen MR) is 155 cm³/mol. The number of allylic oxidation sites excluding steroid dienone is 8. The van der Waals surface area contributed by atoms with Crippen molar-refractivity contribution in [3.05, 3.63) is 46.2 Å². The molecule has 0 aromatic heterocycles. The van der Waals surface area contributed by atoms with Crippen molar-refractivity contribution in [2.75, 3.05) is 14.1 Å². The second-order valence-corrected chi connectivity index (χ2v) is 14.7. The molecule has 2 aliphatic heterocycles. The van der Waals surface area contributed by atoms with Crippen molar-refractivity contribution < 1.29 is 4.58 Å². The minimum atomic E-state index is 0.135. The van der Waals surface area contributed by atoms with Crippen molar-refractivity contribution in [1.29, 1.82) is 0 Å². The molecule has 2 nitrogen and oxygen atoms in total. The van der Waals surface area contributed by atoms with Crippen molar-refractivity contribution in [2.24, 2.45) is 22.7 Å². The summed E-state index contributed by atoms with van der Waals surface area (Å²) < 4.78 is 2.53. The maximum absolute atomic E-state index is 6.97. The van der Waals surface area contributed by atoms with Crippen LogP contribution < -0.4 is 0 Å². The molecule has 1 saturated heterocycles. The molecule has 2 heterocycles. The molecule has 5 heteroatoms. The van der Waals surface area contributed by atoms with Crippen LogP contribution in [0.15, 0.2) is 46.2 Å². The summed E-state index contributed by atoms with van der Waals surface area (Å²) in [6.45, 7) is 9.59. The van der Waals surface area contributed by atoms with Crippen molar-refractivity contribution in [3.63, 3.8) is 0 Å². The predicted octanol–water partition coefficient (Wildman–Crippen LogP) is 8.29. The van der Waals surface area contributed by atoms with Gasteiger partial charge in [-0.3, -0.25) is 0 Å². The Morgan fingerprint density at radius 1 is 0.861 bits per heavy atom. The zero-order valence-electron chi connectivity index (χ0n) is 23.0. The van der Waals surface area contributed by atoms with Gasteiger partial charge in [0.25, 0.3) is 0 Å². The van der Waals surface area contributed by atoms with Crippen LogP contribution in [0.5, 0.6) is 0 Å². The quantitative estimate of drug-likeness (QED) is 0.253. The maximum Gasteiger partial charge on any atom is 0.182 e. The average Bonchev–Trinajstić information content (AvgIpc) is 3.32. The SMILES string of the molecule is CN1/C(=C/C=C2\CCC(/C=C/C3=[N+](C)C4CCC(Cl)CC4C3(C)C)=C2Cl)C(C)(C)C2CC(Cl)CCC21. The molecule has 5 aliphatic rings. The normalized spacial score (nSPS) is 40.2. The van der Waals surface area contributed by atoms with E-state index < -0.39 is 0 Å². The molecule has 36 heavy (non-hydrogen) atoms. The highest BCUT2D eigenvalue weighted by molar-refractivity contribution is 6.33. The lowest BCUT2D eigenvalue weighted by Crippen LogP contribution is -2.37. The van der Waals surface area contributed by atoms with Gasteiger partial charge < -0.3 is 4.90 Å². The van der Waals surface area contributed by atoms with Crippen LogP contribution in [0.1, 0.15) is 79.1 Å². The molecule has 0 spiro atoms. The summed E-state index contributed by atoms with van der Waals surface area (Å²) in [6, 6.07) is 1.21. The van der Waals surface area contributed by atoms with Crippen LogP contribution >= 0.6 is 34.8 Å². The molecule has 0 aromatic rings. The Kier molecular flexibility index (Phi) is 7.32. The fourth-order valence-corrected chi connectivity index (χ4v) is 9.31. The third-order valence-corrected chi connectivity index (χ3v) is 11.8. The van der Waals surface area contributed by atoms with E-state index in [9.17, 15) is 0 Å². The smallest absolute Gasteiger partial charge is 0.182 e. The third kappa shape index (κ3) is 4.46. The van der Waals surface area contributed by atoms with E-state index in [0.717, 1.165) is 43.6 Å². The molecule has 5 rings (SSSR count). The average molecular weight is 551 g/mol. The number of fused-ring (bicyclic) bond motifs is 2. The van der Waals surface area contributed by atoms with E-state index >= 15 is 0 Å². The Hall–Kier alpha value is -0.700. The first-order valence-electron chi connectivity index (χ1n) is 14.0. The second-order valence-electron chi connectivity index (χ2n) is 13.1. The van der Waals surface area contributed by atoms with E-state index in [1.165, 1.54) is 35.4 Å². The molecule has 6 atom stereocenters. The van der Waals surface area contributed by atoms with Crippen molar-refractivity contribution in [1.82, 2.24) is 4.90 Å². The van der Waals surface area contributed by atoms with Gasteiger partial charge in [0.1, 0.15) is 7.05 Å². The topological polar surface area (TPSA) is 6.25 Å². The second kappa shape index (κ2) is 9.80. The van der Waals surface area contributed by atoms with Crippen LogP contribution in [-0.2, 0) is 0 Å². The van der Waals surface area contributed by atoms with E-state index in [2.05, 4.69) is 75.6 Å². The monoisotopic (exact) mass is 549 g/mol. The first-order chi connectivity index (χ1) is 16.9. The first-order valence-corrected chi connectivity index (χ1v) is 15.3. The van der Waals surface area contributed by atoms with Gasteiger partial charge in [-0.05, 0) is 81.9 Å². The Morgan fingerprint density at radius 3 is 2.25 bits per heavy atom. The number of likely N-dealkylation sites (tertiary alicyclic amines) is 1. The van der Waals surface area contributed by atoms with E-state index in [4.69, 9.17) is 34.8 Å². The summed E-state index contributed by atoms with van der Waals surface area (Å²) in [5.41, 5.74) is 5.65. The number of nitrogens with zero attached hydrogens (tertiary/aromatic N) is 2. The zero-order chi connectivity index (χ0) is 26.0. The molecule has 0 bridgehead atoms. The number of alkyl halides is 2. The van der Waals surface area contributed by atoms with Gasteiger partial charge in [-0.25, -0.2) is 4.58 Å². The molecule has 3 fully saturated rings. The van der Waals surface area contributed by atoms with Crippen molar-refractivity contribution in [2.45, 2.75) is 102 Å². The van der Waals surface area contributed by atoms with Gasteiger partial charge >= 0.3 is 0 Å². The largest absolute Gasteiger partial charge is 0.374 e. The highest BCUT2D eigenvalue weighted by atomic mass is 35.5. The van der Waals surface area contributed by atoms with Crippen LogP contribution in [0.3, 0.4) is 0 Å². The van der Waals surface area contributed by atoms with Gasteiger partial charge in [-0.1, -0.05) is 37.6 Å². The summed E-state index contributed by atoms with van der Waals surface area (Å²) >= 11 is 20.1. The van der Waals surface area contributed by atoms with Gasteiger partial charge in [0.2, 0.25) is 0 Å². The van der Waals surface area contributed by atoms with Gasteiger partial charge in [0.05, 0.1) is 5.41 Å². The number of hydrogen-bond donors (Lipinski definition) is 0. The van der Waals surface area contributed by atoms with Gasteiger partial charge in [0, 0.05) is 58.4 Å². The molecular weight excluding hydrogens is 507 g/mol. The molecule has 0 radical (unpaired) electrons. The van der Waals surface area contributed by atoms with Gasteiger partial charge in [-0.15, -0.1) is 23.2 Å². The van der Waals surface area contributed by atoms with Crippen molar-refractivity contribution >= 4 is 40.5 Å². The number of halogens is 3. The molecule has 3 aliphatic carbocycles. The fourth-order valence-electron chi connectivity index (χ4n) is 8.36.